The zero-order valence-corrected chi connectivity index (χ0v) is 4.21. The van der Waals surface area contributed by atoms with Crippen molar-refractivity contribution in [1.82, 2.24) is 5.32 Å². The Bertz CT molecular complexity index is 71.2. The van der Waals surface area contributed by atoms with E-state index in [9.17, 15) is 4.79 Å². The lowest BCUT2D eigenvalue weighted by Crippen LogP contribution is -2.17. The summed E-state index contributed by atoms with van der Waals surface area (Å²) < 4.78 is 0. The van der Waals surface area contributed by atoms with Gasteiger partial charge < -0.3 is 5.32 Å². The van der Waals surface area contributed by atoms with Gasteiger partial charge in [-0.3, -0.25) is 4.79 Å². The second-order valence-electron chi connectivity index (χ2n) is 0.732. The Morgan fingerprint density at radius 2 is 2.50 bits per heavy atom. The number of carbonyl (C=O) groups excluding carboxylic acids is 1. The molecule has 0 aromatic carbocycles. The highest BCUT2D eigenvalue weighted by atomic mass is 32.1. The lowest BCUT2D eigenvalue weighted by atomic mass is 10.7. The molecular weight excluding hydrogens is 98.1 g/mol. The molecule has 0 saturated heterocycles. The first-order valence-electron chi connectivity index (χ1n) is 1.48. The molecule has 0 aromatic rings. The molecule has 0 atom stereocenters. The van der Waals surface area contributed by atoms with Crippen molar-refractivity contribution in [3.63, 3.8) is 0 Å². The number of carbonyl (C=O) groups is 1. The van der Waals surface area contributed by atoms with Gasteiger partial charge in [0, 0.05) is 7.05 Å². The molecule has 0 unspecified atom stereocenters. The van der Waals surface area contributed by atoms with Gasteiger partial charge in [-0.05, 0) is 0 Å². The molecule has 0 aliphatic heterocycles. The van der Waals surface area contributed by atoms with E-state index in [1.165, 1.54) is 7.05 Å². The molecule has 0 aliphatic carbocycles. The van der Waals surface area contributed by atoms with E-state index in [0.717, 1.165) is 5.37 Å². The number of amides is 1. The van der Waals surface area contributed by atoms with Crippen LogP contribution in [0.15, 0.2) is 0 Å². The second kappa shape index (κ2) is 2.78. The highest BCUT2D eigenvalue weighted by molar-refractivity contribution is 7.80. The number of hydrogen-bond donors (Lipinski definition) is 1. The first kappa shape index (κ1) is 5.56. The van der Waals surface area contributed by atoms with Crippen LogP contribution in [0.5, 0.6) is 0 Å². The summed E-state index contributed by atoms with van der Waals surface area (Å²) in [6, 6.07) is 0. The van der Waals surface area contributed by atoms with Gasteiger partial charge in [-0.15, -0.1) is 0 Å². The minimum Gasteiger partial charge on any atom is -0.355 e. The SMILES string of the molecule is CNC(=O)C=S. The third-order valence-corrected chi connectivity index (χ3v) is 0.568. The molecule has 0 bridgehead atoms. The standard InChI is InChI=1S/C3H5NOS/c1-4-3(5)2-6/h2H,1H3,(H,4,5). The van der Waals surface area contributed by atoms with Crippen molar-refractivity contribution < 1.29 is 4.79 Å². The van der Waals surface area contributed by atoms with Crippen LogP contribution in [0.4, 0.5) is 0 Å². The molecule has 0 heterocycles. The van der Waals surface area contributed by atoms with Gasteiger partial charge >= 0.3 is 0 Å². The van der Waals surface area contributed by atoms with Crippen LogP contribution < -0.4 is 5.32 Å². The topological polar surface area (TPSA) is 29.1 Å². The van der Waals surface area contributed by atoms with Crippen LogP contribution >= 0.6 is 12.2 Å². The molecule has 2 nitrogen and oxygen atoms in total. The molecule has 6 heavy (non-hydrogen) atoms. The van der Waals surface area contributed by atoms with Crippen molar-refractivity contribution in [3.8, 4) is 0 Å². The quantitative estimate of drug-likeness (QED) is 0.463. The Hall–Kier alpha value is -0.440. The molecule has 1 amide bonds. The zero-order valence-electron chi connectivity index (χ0n) is 3.39. The average Bonchev–Trinajstić information content (AvgIpc) is 1.65. The Labute approximate surface area is 41.5 Å². The Kier molecular flexibility index (Phi) is 2.58. The lowest BCUT2D eigenvalue weighted by molar-refractivity contribution is -0.113. The minimum absolute atomic E-state index is 0.218. The van der Waals surface area contributed by atoms with Crippen LogP contribution in [0.25, 0.3) is 0 Å². The third kappa shape index (κ3) is 1.84. The molecule has 0 aromatic heterocycles. The Morgan fingerprint density at radius 3 is 2.50 bits per heavy atom. The lowest BCUT2D eigenvalue weighted by Gasteiger charge is -1.81. The summed E-state index contributed by atoms with van der Waals surface area (Å²) >= 11 is 4.24. The van der Waals surface area contributed by atoms with Crippen LogP contribution in [0.2, 0.25) is 0 Å². The van der Waals surface area contributed by atoms with Gasteiger partial charge in [0.05, 0.1) is 5.37 Å². The summed E-state index contributed by atoms with van der Waals surface area (Å²) in [6.07, 6.45) is 0. The molecule has 1 N–H and O–H groups in total. The first-order valence-corrected chi connectivity index (χ1v) is 1.95. The van der Waals surface area contributed by atoms with Crippen LogP contribution in [0.3, 0.4) is 0 Å². The summed E-state index contributed by atoms with van der Waals surface area (Å²) in [5.74, 6) is -0.218. The molecule has 0 fully saturated rings. The highest BCUT2D eigenvalue weighted by Crippen LogP contribution is 1.50. The van der Waals surface area contributed by atoms with Gasteiger partial charge in [-0.1, -0.05) is 12.2 Å². The van der Waals surface area contributed by atoms with Crippen molar-refractivity contribution in [2.75, 3.05) is 7.05 Å². The molecule has 3 heteroatoms. The van der Waals surface area contributed by atoms with Gasteiger partial charge in [0.1, 0.15) is 0 Å². The fourth-order valence-electron chi connectivity index (χ4n) is 0.0589. The van der Waals surface area contributed by atoms with Crippen LogP contribution in [-0.2, 0) is 4.79 Å². The van der Waals surface area contributed by atoms with E-state index in [1.54, 1.807) is 0 Å². The molecule has 0 radical (unpaired) electrons. The van der Waals surface area contributed by atoms with E-state index in [0.29, 0.717) is 0 Å². The maximum Gasteiger partial charge on any atom is 0.254 e. The van der Waals surface area contributed by atoms with E-state index >= 15 is 0 Å². The summed E-state index contributed by atoms with van der Waals surface area (Å²) in [5, 5.41) is 3.37. The van der Waals surface area contributed by atoms with Crippen molar-refractivity contribution >= 4 is 23.5 Å². The fraction of sp³-hybridized carbons (Fsp3) is 0.333. The minimum atomic E-state index is -0.218. The predicted octanol–water partition coefficient (Wildman–Crippen LogP) is -0.268. The largest absolute Gasteiger partial charge is 0.355 e. The van der Waals surface area contributed by atoms with Crippen molar-refractivity contribution in [2.45, 2.75) is 0 Å². The molecule has 0 saturated carbocycles. The summed E-state index contributed by atoms with van der Waals surface area (Å²) in [7, 11) is 1.53. The molecule has 0 rings (SSSR count). The predicted molar refractivity (Wildman–Crippen MR) is 27.7 cm³/mol. The smallest absolute Gasteiger partial charge is 0.254 e. The second-order valence-corrected chi connectivity index (χ2v) is 0.968. The normalized spacial score (nSPS) is 6.83. The van der Waals surface area contributed by atoms with Crippen molar-refractivity contribution in [3.05, 3.63) is 0 Å². The number of nitrogens with one attached hydrogen (secondary N) is 1. The summed E-state index contributed by atoms with van der Waals surface area (Å²) in [4.78, 5) is 9.91. The Balaban J connectivity index is 3.23. The molecule has 0 aliphatic rings. The maximum atomic E-state index is 9.91. The van der Waals surface area contributed by atoms with Crippen molar-refractivity contribution in [1.29, 1.82) is 0 Å². The Morgan fingerprint density at radius 1 is 2.00 bits per heavy atom. The van der Waals surface area contributed by atoms with Gasteiger partial charge in [-0.25, -0.2) is 0 Å². The van der Waals surface area contributed by atoms with E-state index in [1.807, 2.05) is 0 Å². The van der Waals surface area contributed by atoms with E-state index < -0.39 is 0 Å². The number of thiocarbonyl (C=S) groups is 1. The average molecular weight is 103 g/mol. The van der Waals surface area contributed by atoms with Gasteiger partial charge in [0.15, 0.2) is 0 Å². The maximum absolute atomic E-state index is 9.91. The third-order valence-electron chi connectivity index (χ3n) is 0.353. The molecule has 0 spiro atoms. The van der Waals surface area contributed by atoms with Gasteiger partial charge in [0.25, 0.3) is 5.91 Å². The summed E-state index contributed by atoms with van der Waals surface area (Å²) in [6.45, 7) is 0. The molecular formula is C3H5NOS. The first-order chi connectivity index (χ1) is 2.81. The monoisotopic (exact) mass is 103 g/mol. The van der Waals surface area contributed by atoms with Gasteiger partial charge in [-0.2, -0.15) is 0 Å². The van der Waals surface area contributed by atoms with Crippen LogP contribution in [0, 0.1) is 0 Å². The van der Waals surface area contributed by atoms with Crippen LogP contribution in [-0.4, -0.2) is 18.3 Å². The zero-order chi connectivity index (χ0) is 4.99. The fourth-order valence-corrected chi connectivity index (χ4v) is 0.177. The van der Waals surface area contributed by atoms with E-state index in [4.69, 9.17) is 0 Å². The summed E-state index contributed by atoms with van der Waals surface area (Å²) in [5.41, 5.74) is 0. The van der Waals surface area contributed by atoms with E-state index in [2.05, 4.69) is 17.5 Å². The molecule has 34 valence electrons. The van der Waals surface area contributed by atoms with Crippen LogP contribution in [0.1, 0.15) is 0 Å². The van der Waals surface area contributed by atoms with Crippen molar-refractivity contribution in [2.24, 2.45) is 0 Å². The van der Waals surface area contributed by atoms with E-state index in [-0.39, 0.29) is 5.91 Å². The number of rotatable bonds is 1. The van der Waals surface area contributed by atoms with Gasteiger partial charge in [0.2, 0.25) is 0 Å². The number of hydrogen-bond acceptors (Lipinski definition) is 2. The highest BCUT2D eigenvalue weighted by Gasteiger charge is 1.80.